The maximum absolute atomic E-state index is 14.1. The summed E-state index contributed by atoms with van der Waals surface area (Å²) in [6, 6.07) is 15.4. The molecule has 6 nitrogen and oxygen atoms in total. The second-order valence-corrected chi connectivity index (χ2v) is 11.4. The maximum atomic E-state index is 14.1. The molecule has 2 aromatic carbocycles. The third-order valence-electron chi connectivity index (χ3n) is 9.22. The van der Waals surface area contributed by atoms with Gasteiger partial charge in [0.05, 0.1) is 12.1 Å². The number of nitrogens with one attached hydrogen (secondary N) is 2. The predicted octanol–water partition coefficient (Wildman–Crippen LogP) is 4.48. The lowest BCUT2D eigenvalue weighted by atomic mass is 9.87. The van der Waals surface area contributed by atoms with Crippen LogP contribution in [0.4, 0.5) is 0 Å². The van der Waals surface area contributed by atoms with Crippen LogP contribution in [0, 0.1) is 5.92 Å². The Hall–Kier alpha value is -3.41. The first kappa shape index (κ1) is 24.9. The van der Waals surface area contributed by atoms with E-state index in [1.165, 1.54) is 33.4 Å². The Morgan fingerprint density at radius 2 is 1.74 bits per heavy atom. The lowest BCUT2D eigenvalue weighted by molar-refractivity contribution is -0.143. The van der Waals surface area contributed by atoms with Gasteiger partial charge in [0.2, 0.25) is 17.7 Å². The summed E-state index contributed by atoms with van der Waals surface area (Å²) < 4.78 is 0. The highest BCUT2D eigenvalue weighted by Gasteiger charge is 2.49. The molecule has 6 rings (SSSR count). The van der Waals surface area contributed by atoms with Crippen molar-refractivity contribution in [2.24, 2.45) is 5.92 Å². The second kappa shape index (κ2) is 10.0. The quantitative estimate of drug-likeness (QED) is 0.621. The van der Waals surface area contributed by atoms with Gasteiger partial charge in [-0.15, -0.1) is 0 Å². The van der Waals surface area contributed by atoms with E-state index in [2.05, 4.69) is 47.0 Å². The van der Waals surface area contributed by atoms with Crippen LogP contribution in [-0.2, 0) is 27.2 Å². The molecule has 38 heavy (non-hydrogen) atoms. The van der Waals surface area contributed by atoms with Crippen molar-refractivity contribution in [3.63, 3.8) is 0 Å². The van der Waals surface area contributed by atoms with Crippen molar-refractivity contribution in [3.8, 4) is 0 Å². The van der Waals surface area contributed by atoms with E-state index in [1.54, 1.807) is 0 Å². The molecule has 198 valence electrons. The van der Waals surface area contributed by atoms with E-state index in [-0.39, 0.29) is 35.7 Å². The van der Waals surface area contributed by atoms with Gasteiger partial charge < -0.3 is 15.5 Å². The van der Waals surface area contributed by atoms with Gasteiger partial charge in [0.1, 0.15) is 12.1 Å². The van der Waals surface area contributed by atoms with E-state index >= 15 is 0 Å². The molecule has 5 atom stereocenters. The Kier molecular flexibility index (Phi) is 6.58. The van der Waals surface area contributed by atoms with Crippen molar-refractivity contribution in [2.45, 2.75) is 89.4 Å². The molecule has 6 heteroatoms. The minimum atomic E-state index is -0.665. The lowest BCUT2D eigenvalue weighted by Crippen LogP contribution is -2.55. The summed E-state index contributed by atoms with van der Waals surface area (Å²) in [6.07, 6.45) is 6.37. The Morgan fingerprint density at radius 3 is 2.55 bits per heavy atom. The van der Waals surface area contributed by atoms with E-state index in [0.29, 0.717) is 19.3 Å². The van der Waals surface area contributed by atoms with Crippen LogP contribution in [0.5, 0.6) is 0 Å². The number of hydrogen-bond donors (Lipinski definition) is 2. The summed E-state index contributed by atoms with van der Waals surface area (Å²) in [4.78, 5) is 42.7. The third-order valence-corrected chi connectivity index (χ3v) is 9.22. The number of aryl methyl sites for hydroxylation is 1. The fourth-order valence-corrected chi connectivity index (χ4v) is 6.99. The average Bonchev–Trinajstić information content (AvgIpc) is 3.51. The van der Waals surface area contributed by atoms with Crippen LogP contribution >= 0.6 is 0 Å². The number of carbonyl (C=O) groups excluding carboxylic acids is 3. The molecule has 1 unspecified atom stereocenters. The fraction of sp³-hybridized carbons (Fsp3) is 0.469. The summed E-state index contributed by atoms with van der Waals surface area (Å²) >= 11 is 0. The van der Waals surface area contributed by atoms with E-state index in [4.69, 9.17) is 0 Å². The number of amides is 3. The first-order chi connectivity index (χ1) is 18.5. The van der Waals surface area contributed by atoms with Gasteiger partial charge in [0, 0.05) is 12.3 Å². The van der Waals surface area contributed by atoms with Crippen LogP contribution in [0.2, 0.25) is 0 Å². The smallest absolute Gasteiger partial charge is 0.246 e. The number of carbonyl (C=O) groups is 3. The van der Waals surface area contributed by atoms with Crippen LogP contribution in [-0.4, -0.2) is 40.7 Å². The molecule has 1 saturated heterocycles. The summed E-state index contributed by atoms with van der Waals surface area (Å²) in [6.45, 7) is 3.87. The lowest BCUT2D eigenvalue weighted by Gasteiger charge is -2.34. The van der Waals surface area contributed by atoms with Gasteiger partial charge in [-0.2, -0.15) is 0 Å². The van der Waals surface area contributed by atoms with Gasteiger partial charge in [-0.1, -0.05) is 62.4 Å². The first-order valence-electron chi connectivity index (χ1n) is 14.3. The zero-order valence-electron chi connectivity index (χ0n) is 22.3. The highest BCUT2D eigenvalue weighted by molar-refractivity contribution is 5.97. The van der Waals surface area contributed by atoms with Gasteiger partial charge in [-0.05, 0) is 78.3 Å². The van der Waals surface area contributed by atoms with E-state index in [0.717, 1.165) is 32.1 Å². The SMILES string of the molecule is CC[C@@H](C)C(=O)N[C@H]1CC2=C(Cc3ccccc32)[C@H]2CCC(C(=O)N[C@@H]3CCCc4ccccc43)N2C1=O. The fourth-order valence-electron chi connectivity index (χ4n) is 6.99. The zero-order valence-corrected chi connectivity index (χ0v) is 22.3. The minimum Gasteiger partial charge on any atom is -0.347 e. The van der Waals surface area contributed by atoms with Gasteiger partial charge in [-0.3, -0.25) is 14.4 Å². The molecule has 2 aliphatic heterocycles. The average molecular weight is 512 g/mol. The molecule has 3 amide bonds. The molecule has 4 aliphatic rings. The topological polar surface area (TPSA) is 78.5 Å². The summed E-state index contributed by atoms with van der Waals surface area (Å²) in [7, 11) is 0. The zero-order chi connectivity index (χ0) is 26.4. The number of nitrogens with zero attached hydrogens (tertiary/aromatic N) is 1. The largest absolute Gasteiger partial charge is 0.347 e. The van der Waals surface area contributed by atoms with Crippen molar-refractivity contribution < 1.29 is 14.4 Å². The van der Waals surface area contributed by atoms with Gasteiger partial charge >= 0.3 is 0 Å². The minimum absolute atomic E-state index is 0.0278. The number of fused-ring (bicyclic) bond motifs is 5. The molecule has 2 N–H and O–H groups in total. The number of rotatable bonds is 5. The monoisotopic (exact) mass is 511 g/mol. The van der Waals surface area contributed by atoms with E-state index in [1.807, 2.05) is 30.9 Å². The first-order valence-corrected chi connectivity index (χ1v) is 14.3. The van der Waals surface area contributed by atoms with Crippen LogP contribution in [0.3, 0.4) is 0 Å². The molecule has 2 heterocycles. The Morgan fingerprint density at radius 1 is 0.974 bits per heavy atom. The molecule has 2 aromatic rings. The highest BCUT2D eigenvalue weighted by atomic mass is 16.2. The van der Waals surface area contributed by atoms with Crippen molar-refractivity contribution in [2.75, 3.05) is 0 Å². The Bertz CT molecular complexity index is 1310. The molecular weight excluding hydrogens is 474 g/mol. The van der Waals surface area contributed by atoms with Gasteiger partial charge in [0.25, 0.3) is 0 Å². The van der Waals surface area contributed by atoms with Crippen LogP contribution in [0.25, 0.3) is 5.57 Å². The predicted molar refractivity (Wildman–Crippen MR) is 147 cm³/mol. The van der Waals surface area contributed by atoms with Crippen molar-refractivity contribution in [1.29, 1.82) is 0 Å². The Labute approximate surface area is 224 Å². The van der Waals surface area contributed by atoms with Crippen LogP contribution in [0.1, 0.15) is 80.7 Å². The molecular formula is C32H37N3O3. The van der Waals surface area contributed by atoms with Gasteiger partial charge in [0.15, 0.2) is 0 Å². The summed E-state index contributed by atoms with van der Waals surface area (Å²) in [5.74, 6) is -0.471. The number of benzene rings is 2. The normalized spacial score (nSPS) is 26.6. The number of hydrogen-bond acceptors (Lipinski definition) is 3. The molecule has 0 radical (unpaired) electrons. The second-order valence-electron chi connectivity index (χ2n) is 11.4. The van der Waals surface area contributed by atoms with E-state index < -0.39 is 12.1 Å². The molecule has 0 aromatic heterocycles. The van der Waals surface area contributed by atoms with Crippen molar-refractivity contribution in [1.82, 2.24) is 15.5 Å². The molecule has 0 spiro atoms. The van der Waals surface area contributed by atoms with Gasteiger partial charge in [-0.25, -0.2) is 0 Å². The van der Waals surface area contributed by atoms with Crippen molar-refractivity contribution >= 4 is 23.3 Å². The molecule has 1 fully saturated rings. The summed E-state index contributed by atoms with van der Waals surface area (Å²) in [5, 5.41) is 6.39. The Balaban J connectivity index is 1.31. The molecule has 0 bridgehead atoms. The van der Waals surface area contributed by atoms with Crippen LogP contribution in [0.15, 0.2) is 54.1 Å². The molecule has 0 saturated carbocycles. The standard InChI is InChI=1S/C32H37N3O3/c1-3-19(2)30(36)34-27-18-24-22-12-6-5-10-21(22)17-25(24)28-15-16-29(35(28)32(27)38)31(37)33-26-14-8-11-20-9-4-7-13-23(20)26/h4-7,9-10,12-13,19,26-29H,3,8,11,14-18H2,1-2H3,(H,33,37)(H,34,36)/t19-,26-,27+,28-,29?/m1/s1. The molecule has 2 aliphatic carbocycles. The van der Waals surface area contributed by atoms with E-state index in [9.17, 15) is 14.4 Å². The third kappa shape index (κ3) is 4.24. The highest BCUT2D eigenvalue weighted by Crippen LogP contribution is 2.45. The maximum Gasteiger partial charge on any atom is 0.246 e. The van der Waals surface area contributed by atoms with Crippen molar-refractivity contribution in [3.05, 3.63) is 76.4 Å². The van der Waals surface area contributed by atoms with Crippen LogP contribution < -0.4 is 10.6 Å². The summed E-state index contributed by atoms with van der Waals surface area (Å²) in [5.41, 5.74) is 7.37.